The molecule has 0 amide bonds. The van der Waals surface area contributed by atoms with Gasteiger partial charge in [-0.25, -0.2) is 4.57 Å². The summed E-state index contributed by atoms with van der Waals surface area (Å²) in [4.78, 5) is 35.3. The smallest absolute Gasteiger partial charge is 0.462 e. The molecule has 2 atom stereocenters. The van der Waals surface area contributed by atoms with Crippen molar-refractivity contribution < 1.29 is 42.1 Å². The lowest BCUT2D eigenvalue weighted by Crippen LogP contribution is -2.37. The molecule has 0 bridgehead atoms. The van der Waals surface area contributed by atoms with Gasteiger partial charge in [0.1, 0.15) is 19.8 Å². The normalized spacial score (nSPS) is 13.6. The lowest BCUT2D eigenvalue weighted by Gasteiger charge is -2.24. The van der Waals surface area contributed by atoms with Gasteiger partial charge in [0, 0.05) is 12.8 Å². The summed E-state index contributed by atoms with van der Waals surface area (Å²) in [7, 11) is 1.48. The molecule has 0 heterocycles. The number of ether oxygens (including phenoxy) is 2. The van der Waals surface area contributed by atoms with Gasteiger partial charge in [-0.2, -0.15) is 0 Å². The van der Waals surface area contributed by atoms with Gasteiger partial charge in [-0.15, -0.1) is 0 Å². The molecule has 0 radical (unpaired) electrons. The fourth-order valence-electron chi connectivity index (χ4n) is 6.42. The summed E-state index contributed by atoms with van der Waals surface area (Å²) < 4.78 is 34.3. The van der Waals surface area contributed by atoms with E-state index < -0.39 is 26.5 Å². The SMILES string of the molecule is CCCCC/C=C\CCCCCCCC(=O)OC[C@H](COP(=O)(O)OCC[N+](C)(C)C)OC(=O)CCCCCCCCCCCCCCCCCCCCC. The van der Waals surface area contributed by atoms with E-state index in [9.17, 15) is 19.0 Å². The molecule has 55 heavy (non-hydrogen) atoms. The van der Waals surface area contributed by atoms with E-state index in [-0.39, 0.29) is 32.0 Å². The lowest BCUT2D eigenvalue weighted by molar-refractivity contribution is -0.870. The van der Waals surface area contributed by atoms with Gasteiger partial charge in [0.15, 0.2) is 6.10 Å². The Morgan fingerprint density at radius 2 is 0.927 bits per heavy atom. The zero-order chi connectivity index (χ0) is 40.7. The fraction of sp³-hybridized carbons (Fsp3) is 0.911. The standard InChI is InChI=1S/C45H88NO8P/c1-6-8-10-12-14-16-18-20-21-22-23-24-25-26-28-30-32-34-36-38-45(48)54-43(42-53-55(49,50)52-40-39-46(3,4)5)41-51-44(47)37-35-33-31-29-27-19-17-15-13-11-9-7-2/h15,17,43H,6-14,16,18-42H2,1-5H3/p+1/b17-15-/t43-/m1/s1. The number of nitrogens with zero attached hydrogens (tertiary/aromatic N) is 1. The van der Waals surface area contributed by atoms with Crippen LogP contribution in [0, 0.1) is 0 Å². The molecule has 1 N–H and O–H groups in total. The Balaban J connectivity index is 4.27. The molecule has 10 heteroatoms. The summed E-state index contributed by atoms with van der Waals surface area (Å²) in [5, 5.41) is 0. The van der Waals surface area contributed by atoms with Crippen molar-refractivity contribution in [2.24, 2.45) is 0 Å². The van der Waals surface area contributed by atoms with E-state index in [2.05, 4.69) is 26.0 Å². The third-order valence-electron chi connectivity index (χ3n) is 10.0. The average molecular weight is 803 g/mol. The maximum absolute atomic E-state index is 12.7. The zero-order valence-corrected chi connectivity index (χ0v) is 37.6. The third kappa shape index (κ3) is 42.2. The summed E-state index contributed by atoms with van der Waals surface area (Å²) in [5.41, 5.74) is 0. The number of unbranched alkanes of at least 4 members (excludes halogenated alkanes) is 26. The highest BCUT2D eigenvalue weighted by Crippen LogP contribution is 2.43. The van der Waals surface area contributed by atoms with Gasteiger partial charge in [-0.05, 0) is 38.5 Å². The molecule has 0 aliphatic carbocycles. The van der Waals surface area contributed by atoms with Crippen LogP contribution in [0.1, 0.15) is 213 Å². The number of hydrogen-bond acceptors (Lipinski definition) is 7. The Kier molecular flexibility index (Phi) is 37.4. The van der Waals surface area contributed by atoms with Gasteiger partial charge in [-0.3, -0.25) is 18.6 Å². The highest BCUT2D eigenvalue weighted by molar-refractivity contribution is 7.47. The quantitative estimate of drug-likeness (QED) is 0.0214. The van der Waals surface area contributed by atoms with Crippen LogP contribution >= 0.6 is 7.82 Å². The van der Waals surface area contributed by atoms with Crippen molar-refractivity contribution in [2.75, 3.05) is 47.5 Å². The second-order valence-electron chi connectivity index (χ2n) is 16.8. The van der Waals surface area contributed by atoms with E-state index in [1.807, 2.05) is 21.1 Å². The average Bonchev–Trinajstić information content (AvgIpc) is 3.13. The van der Waals surface area contributed by atoms with Crippen LogP contribution in [0.5, 0.6) is 0 Å². The largest absolute Gasteiger partial charge is 0.472 e. The van der Waals surface area contributed by atoms with E-state index in [1.54, 1.807) is 0 Å². The first-order chi connectivity index (χ1) is 26.5. The van der Waals surface area contributed by atoms with Crippen molar-refractivity contribution in [1.29, 1.82) is 0 Å². The summed E-state index contributed by atoms with van der Waals surface area (Å²) in [5.74, 6) is -0.799. The molecule has 0 saturated heterocycles. The van der Waals surface area contributed by atoms with Crippen LogP contribution in [0.4, 0.5) is 0 Å². The van der Waals surface area contributed by atoms with Crippen LogP contribution in [0.2, 0.25) is 0 Å². The zero-order valence-electron chi connectivity index (χ0n) is 36.7. The molecular formula is C45H89NO8P+. The van der Waals surface area contributed by atoms with Crippen LogP contribution < -0.4 is 0 Å². The number of hydrogen-bond donors (Lipinski definition) is 1. The number of phosphoric acid groups is 1. The fourth-order valence-corrected chi connectivity index (χ4v) is 7.16. The first-order valence-electron chi connectivity index (χ1n) is 22.9. The number of carbonyl (C=O) groups excluding carboxylic acids is 2. The van der Waals surface area contributed by atoms with Gasteiger partial charge in [0.2, 0.25) is 0 Å². The molecule has 0 fully saturated rings. The lowest BCUT2D eigenvalue weighted by atomic mass is 10.0. The van der Waals surface area contributed by atoms with E-state index in [0.717, 1.165) is 51.4 Å². The van der Waals surface area contributed by atoms with Crippen molar-refractivity contribution in [2.45, 2.75) is 219 Å². The Morgan fingerprint density at radius 1 is 0.545 bits per heavy atom. The second kappa shape index (κ2) is 38.3. The number of carbonyl (C=O) groups is 2. The molecule has 0 aliphatic heterocycles. The van der Waals surface area contributed by atoms with Gasteiger partial charge in [-0.1, -0.05) is 174 Å². The highest BCUT2D eigenvalue weighted by Gasteiger charge is 2.27. The van der Waals surface area contributed by atoms with Gasteiger partial charge in [0.05, 0.1) is 27.7 Å². The Hall–Kier alpha value is -1.25. The minimum atomic E-state index is -4.37. The van der Waals surface area contributed by atoms with Crippen molar-refractivity contribution in [3.05, 3.63) is 12.2 Å². The summed E-state index contributed by atoms with van der Waals surface area (Å²) in [6.45, 7) is 4.42. The minimum Gasteiger partial charge on any atom is -0.462 e. The summed E-state index contributed by atoms with van der Waals surface area (Å²) in [6.07, 6.45) is 39.7. The Morgan fingerprint density at radius 3 is 1.38 bits per heavy atom. The molecular weight excluding hydrogens is 713 g/mol. The molecule has 1 unspecified atom stereocenters. The van der Waals surface area contributed by atoms with Crippen molar-refractivity contribution in [3.8, 4) is 0 Å². The molecule has 326 valence electrons. The molecule has 0 rings (SSSR count). The number of quaternary nitrogens is 1. The topological polar surface area (TPSA) is 108 Å². The predicted molar refractivity (Wildman–Crippen MR) is 229 cm³/mol. The van der Waals surface area contributed by atoms with Gasteiger partial charge in [0.25, 0.3) is 0 Å². The highest BCUT2D eigenvalue weighted by atomic mass is 31.2. The second-order valence-corrected chi connectivity index (χ2v) is 18.2. The van der Waals surface area contributed by atoms with Crippen molar-refractivity contribution >= 4 is 19.8 Å². The number of phosphoric ester groups is 1. The maximum atomic E-state index is 12.7. The van der Waals surface area contributed by atoms with Crippen molar-refractivity contribution in [1.82, 2.24) is 0 Å². The Labute approximate surface area is 339 Å². The first kappa shape index (κ1) is 53.8. The van der Waals surface area contributed by atoms with E-state index in [0.29, 0.717) is 17.4 Å². The summed E-state index contributed by atoms with van der Waals surface area (Å²) in [6, 6.07) is 0. The maximum Gasteiger partial charge on any atom is 0.472 e. The molecule has 9 nitrogen and oxygen atoms in total. The molecule has 0 aliphatic rings. The monoisotopic (exact) mass is 803 g/mol. The van der Waals surface area contributed by atoms with Crippen molar-refractivity contribution in [3.63, 3.8) is 0 Å². The number of likely N-dealkylation sites (N-methyl/N-ethyl adjacent to an activating group) is 1. The van der Waals surface area contributed by atoms with Crippen LogP contribution in [-0.4, -0.2) is 74.9 Å². The van der Waals surface area contributed by atoms with Crippen LogP contribution in [-0.2, 0) is 32.7 Å². The Bertz CT molecular complexity index is 954. The molecule has 0 aromatic carbocycles. The third-order valence-corrected chi connectivity index (χ3v) is 11.0. The van der Waals surface area contributed by atoms with E-state index in [4.69, 9.17) is 18.5 Å². The number of allylic oxidation sites excluding steroid dienone is 2. The van der Waals surface area contributed by atoms with Gasteiger partial charge < -0.3 is 18.9 Å². The molecule has 0 aromatic rings. The van der Waals surface area contributed by atoms with Gasteiger partial charge >= 0.3 is 19.8 Å². The number of esters is 2. The van der Waals surface area contributed by atoms with Crippen LogP contribution in [0.25, 0.3) is 0 Å². The van der Waals surface area contributed by atoms with Crippen LogP contribution in [0.3, 0.4) is 0 Å². The number of rotatable bonds is 42. The molecule has 0 aromatic heterocycles. The summed E-state index contributed by atoms with van der Waals surface area (Å²) >= 11 is 0. The van der Waals surface area contributed by atoms with Crippen LogP contribution in [0.15, 0.2) is 12.2 Å². The first-order valence-corrected chi connectivity index (χ1v) is 24.4. The minimum absolute atomic E-state index is 0.0336. The molecule has 0 saturated carbocycles. The predicted octanol–water partition coefficient (Wildman–Crippen LogP) is 13.0. The molecule has 0 spiro atoms. The van der Waals surface area contributed by atoms with E-state index in [1.165, 1.54) is 128 Å². The van der Waals surface area contributed by atoms with E-state index >= 15 is 0 Å².